The molecule has 0 fully saturated rings. The Labute approximate surface area is 262 Å². The quantitative estimate of drug-likeness (QED) is 0.226. The van der Waals surface area contributed by atoms with Crippen molar-refractivity contribution in [3.05, 3.63) is 174 Å². The van der Waals surface area contributed by atoms with Gasteiger partial charge in [-0.2, -0.15) is 0 Å². The third-order valence-corrected chi connectivity index (χ3v) is 9.30. The number of para-hydroxylation sites is 1. The van der Waals surface area contributed by atoms with Crippen LogP contribution in [0.4, 0.5) is 0 Å². The maximum absolute atomic E-state index is 6.17. The number of furan rings is 1. The van der Waals surface area contributed by atoms with Gasteiger partial charge in [0.1, 0.15) is 11.2 Å². The van der Waals surface area contributed by atoms with Gasteiger partial charge in [-0.15, -0.1) is 0 Å². The second-order valence-corrected chi connectivity index (χ2v) is 11.9. The summed E-state index contributed by atoms with van der Waals surface area (Å²) in [4.78, 5) is 5.45. The predicted molar refractivity (Wildman–Crippen MR) is 185 cm³/mol. The number of hydrogen-bond donors (Lipinski definition) is 1. The molecule has 0 amide bonds. The molecule has 0 saturated heterocycles. The van der Waals surface area contributed by atoms with Gasteiger partial charge in [-0.25, -0.2) is 0 Å². The zero-order valence-electron chi connectivity index (χ0n) is 24.6. The fraction of sp³-hybridized carbons (Fsp3) is 0.0714. The Morgan fingerprint density at radius 2 is 1.24 bits per heavy atom. The lowest BCUT2D eigenvalue weighted by atomic mass is 9.84. The second kappa shape index (κ2) is 10.6. The van der Waals surface area contributed by atoms with E-state index in [4.69, 9.17) is 9.41 Å². The van der Waals surface area contributed by atoms with E-state index in [0.29, 0.717) is 0 Å². The van der Waals surface area contributed by atoms with Crippen LogP contribution in [-0.4, -0.2) is 11.8 Å². The summed E-state index contributed by atoms with van der Waals surface area (Å²) < 4.78 is 6.17. The molecule has 1 aliphatic carbocycles. The molecule has 0 bridgehead atoms. The van der Waals surface area contributed by atoms with Crippen LogP contribution in [0.2, 0.25) is 0 Å². The van der Waals surface area contributed by atoms with Gasteiger partial charge in [0.15, 0.2) is 0 Å². The van der Waals surface area contributed by atoms with E-state index in [-0.39, 0.29) is 18.1 Å². The molecule has 6 aromatic carbocycles. The fourth-order valence-corrected chi connectivity index (χ4v) is 7.07. The van der Waals surface area contributed by atoms with Crippen molar-refractivity contribution in [2.24, 2.45) is 4.99 Å². The highest BCUT2D eigenvalue weighted by Gasteiger charge is 2.35. The maximum atomic E-state index is 6.17. The van der Waals surface area contributed by atoms with Crippen molar-refractivity contribution < 1.29 is 4.42 Å². The Kier molecular flexibility index (Phi) is 6.10. The number of nitrogens with one attached hydrogen (secondary N) is 1. The van der Waals surface area contributed by atoms with Gasteiger partial charge in [-0.05, 0) is 56.6 Å². The number of hydrogen-bond acceptors (Lipinski definition) is 3. The van der Waals surface area contributed by atoms with Crippen LogP contribution in [0.3, 0.4) is 0 Å². The van der Waals surface area contributed by atoms with Crippen LogP contribution in [0.25, 0.3) is 50.3 Å². The smallest absolute Gasteiger partial charge is 0.136 e. The molecule has 0 spiro atoms. The van der Waals surface area contributed by atoms with Gasteiger partial charge in [0, 0.05) is 10.8 Å². The second-order valence-electron chi connectivity index (χ2n) is 11.9. The molecule has 2 heterocycles. The number of aliphatic imine (C=N–C) groups is 1. The molecule has 3 heteroatoms. The summed E-state index contributed by atoms with van der Waals surface area (Å²) in [6.07, 6.45) is 4.46. The van der Waals surface area contributed by atoms with Gasteiger partial charge in [0.2, 0.25) is 0 Å². The molecule has 1 aromatic heterocycles. The molecule has 2 aliphatic rings. The van der Waals surface area contributed by atoms with Gasteiger partial charge in [-0.3, -0.25) is 10.3 Å². The van der Waals surface area contributed by atoms with E-state index in [1.807, 2.05) is 12.1 Å². The Morgan fingerprint density at radius 3 is 2.11 bits per heavy atom. The van der Waals surface area contributed by atoms with Crippen molar-refractivity contribution in [3.63, 3.8) is 0 Å². The summed E-state index contributed by atoms with van der Waals surface area (Å²) >= 11 is 0. The van der Waals surface area contributed by atoms with Crippen molar-refractivity contribution in [3.8, 4) is 22.3 Å². The van der Waals surface area contributed by atoms with E-state index in [9.17, 15) is 0 Å². The molecule has 0 radical (unpaired) electrons. The number of rotatable bonds is 4. The van der Waals surface area contributed by atoms with E-state index >= 15 is 0 Å². The monoisotopic (exact) mass is 578 g/mol. The fourth-order valence-electron chi connectivity index (χ4n) is 7.07. The molecule has 1 N–H and O–H groups in total. The van der Waals surface area contributed by atoms with E-state index < -0.39 is 0 Å². The Balaban J connectivity index is 1.13. The Hall–Kier alpha value is -5.51. The molecular formula is C42H30N2O. The first-order chi connectivity index (χ1) is 22.3. The number of nitrogens with zero attached hydrogens (tertiary/aromatic N) is 1. The highest BCUT2D eigenvalue weighted by molar-refractivity contribution is 6.12. The average Bonchev–Trinajstić information content (AvgIpc) is 3.51. The lowest BCUT2D eigenvalue weighted by Gasteiger charge is -2.38. The molecule has 7 aromatic rings. The van der Waals surface area contributed by atoms with E-state index in [1.54, 1.807) is 0 Å². The average molecular weight is 579 g/mol. The summed E-state index contributed by atoms with van der Waals surface area (Å²) in [5, 5.41) is 6.32. The predicted octanol–water partition coefficient (Wildman–Crippen LogP) is 10.2. The van der Waals surface area contributed by atoms with Crippen molar-refractivity contribution in [2.45, 2.75) is 18.1 Å². The Morgan fingerprint density at radius 1 is 0.556 bits per heavy atom. The van der Waals surface area contributed by atoms with Crippen molar-refractivity contribution in [1.82, 2.24) is 5.32 Å². The van der Waals surface area contributed by atoms with Crippen LogP contribution in [0.5, 0.6) is 0 Å². The third-order valence-electron chi connectivity index (χ3n) is 9.30. The van der Waals surface area contributed by atoms with E-state index in [0.717, 1.165) is 38.8 Å². The summed E-state index contributed by atoms with van der Waals surface area (Å²) in [5.41, 5.74) is 12.5. The van der Waals surface area contributed by atoms with Crippen LogP contribution >= 0.6 is 0 Å². The summed E-state index contributed by atoms with van der Waals surface area (Å²) in [6, 6.07) is 51.7. The van der Waals surface area contributed by atoms with Crippen LogP contribution in [0.1, 0.15) is 34.3 Å². The minimum atomic E-state index is -0.0530. The molecule has 3 atom stereocenters. The molecule has 214 valence electrons. The maximum Gasteiger partial charge on any atom is 0.136 e. The lowest BCUT2D eigenvalue weighted by Crippen LogP contribution is -2.43. The van der Waals surface area contributed by atoms with Crippen molar-refractivity contribution in [2.75, 3.05) is 0 Å². The third kappa shape index (κ3) is 4.44. The molecule has 9 rings (SSSR count). The molecule has 3 unspecified atom stereocenters. The van der Waals surface area contributed by atoms with Crippen LogP contribution in [0.15, 0.2) is 161 Å². The van der Waals surface area contributed by atoms with Gasteiger partial charge in [0.05, 0.1) is 23.8 Å². The first-order valence-corrected chi connectivity index (χ1v) is 15.6. The molecule has 1 aliphatic heterocycles. The van der Waals surface area contributed by atoms with Gasteiger partial charge < -0.3 is 4.42 Å². The minimum Gasteiger partial charge on any atom is -0.456 e. The van der Waals surface area contributed by atoms with E-state index in [1.165, 1.54) is 33.4 Å². The molecule has 45 heavy (non-hydrogen) atoms. The topological polar surface area (TPSA) is 37.5 Å². The van der Waals surface area contributed by atoms with Gasteiger partial charge in [0.25, 0.3) is 0 Å². The number of benzene rings is 6. The standard InChI is InChI=1S/C42H30N2O/c1-2-9-27(10-3-1)28-17-21-32(22-18-28)41-40(43-36-26-25-29-11-4-5-12-34(29)42(36)44-41)31-23-19-30(20-24-31)33-14-8-16-38-39(33)35-13-6-7-15-37(35)45-38/h1-26,36,41-42,44H. The summed E-state index contributed by atoms with van der Waals surface area (Å²) in [6.45, 7) is 0. The van der Waals surface area contributed by atoms with Crippen molar-refractivity contribution in [1.29, 1.82) is 0 Å². The highest BCUT2D eigenvalue weighted by atomic mass is 16.3. The van der Waals surface area contributed by atoms with Gasteiger partial charge in [-0.1, -0.05) is 146 Å². The normalized spacial score (nSPS) is 18.8. The molecular weight excluding hydrogens is 548 g/mol. The lowest BCUT2D eigenvalue weighted by molar-refractivity contribution is 0.443. The molecule has 0 saturated carbocycles. The largest absolute Gasteiger partial charge is 0.456 e. The Bertz CT molecular complexity index is 2240. The number of fused-ring (bicyclic) bond motifs is 6. The van der Waals surface area contributed by atoms with E-state index in [2.05, 4.69) is 151 Å². The zero-order chi connectivity index (χ0) is 29.7. The minimum absolute atomic E-state index is 0.0282. The first kappa shape index (κ1) is 25.9. The first-order valence-electron chi connectivity index (χ1n) is 15.6. The summed E-state index contributed by atoms with van der Waals surface area (Å²) in [5.74, 6) is 0. The zero-order valence-corrected chi connectivity index (χ0v) is 24.6. The SMILES string of the molecule is C1=CC2N=C(c3ccc(-c4cccc5oc6ccccc6c45)cc3)C(c3ccc(-c4ccccc4)cc3)NC2c2ccccc21. The summed E-state index contributed by atoms with van der Waals surface area (Å²) in [7, 11) is 0. The molecule has 3 nitrogen and oxygen atoms in total. The van der Waals surface area contributed by atoms with Crippen LogP contribution < -0.4 is 5.32 Å². The van der Waals surface area contributed by atoms with Crippen LogP contribution in [-0.2, 0) is 0 Å². The van der Waals surface area contributed by atoms with Crippen molar-refractivity contribution >= 4 is 33.7 Å². The van der Waals surface area contributed by atoms with Gasteiger partial charge >= 0.3 is 0 Å². The highest BCUT2D eigenvalue weighted by Crippen LogP contribution is 2.39. The van der Waals surface area contributed by atoms with Crippen LogP contribution in [0, 0.1) is 0 Å².